The molecule has 10 nitrogen and oxygen atoms in total. The van der Waals surface area contributed by atoms with E-state index in [1.807, 2.05) is 48.7 Å². The summed E-state index contributed by atoms with van der Waals surface area (Å²) in [4.78, 5) is 40.1. The lowest BCUT2D eigenvalue weighted by Gasteiger charge is -2.13. The number of aromatic amines is 1. The maximum absolute atomic E-state index is 12.7. The number of nitrogens with zero attached hydrogens (tertiary/aromatic N) is 5. The number of hydrogen-bond acceptors (Lipinski definition) is 7. The number of halogens is 1. The number of carbonyl (C=O) groups excluding carboxylic acids is 2. The van der Waals surface area contributed by atoms with E-state index in [-0.39, 0.29) is 11.4 Å². The number of fused-ring (bicyclic) bond motifs is 1. The summed E-state index contributed by atoms with van der Waals surface area (Å²) in [6.45, 7) is 5.18. The van der Waals surface area contributed by atoms with Gasteiger partial charge < -0.3 is 19.6 Å². The number of aromatic nitrogens is 5. The van der Waals surface area contributed by atoms with Gasteiger partial charge in [0.1, 0.15) is 23.5 Å². The number of carbonyl (C=O) groups is 2. The van der Waals surface area contributed by atoms with E-state index in [1.54, 1.807) is 6.07 Å². The normalized spacial score (nSPS) is 12.3. The minimum absolute atomic E-state index is 0.199. The second-order valence-corrected chi connectivity index (χ2v) is 8.11. The molecule has 0 saturated heterocycles. The second kappa shape index (κ2) is 9.79. The van der Waals surface area contributed by atoms with Crippen LogP contribution in [0, 0.1) is 25.2 Å². The zero-order valence-electron chi connectivity index (χ0n) is 19.0. The Labute approximate surface area is 205 Å². The summed E-state index contributed by atoms with van der Waals surface area (Å²) in [6.07, 6.45) is 2.93. The smallest absolute Gasteiger partial charge is 0.349 e. The number of imidazole rings is 1. The fourth-order valence-corrected chi connectivity index (χ4v) is 3.78. The van der Waals surface area contributed by atoms with Crippen LogP contribution in [-0.4, -0.2) is 42.5 Å². The Morgan fingerprint density at radius 1 is 1.26 bits per heavy atom. The zero-order chi connectivity index (χ0) is 25.1. The molecular formula is C24H20ClN7O3. The molecule has 0 bridgehead atoms. The lowest BCUT2D eigenvalue weighted by molar-refractivity contribution is -0.148. The number of H-pyrrole nitrogens is 1. The van der Waals surface area contributed by atoms with Crippen LogP contribution >= 0.6 is 11.6 Å². The molecule has 1 aromatic carbocycles. The van der Waals surface area contributed by atoms with Gasteiger partial charge in [-0.25, -0.2) is 19.7 Å². The summed E-state index contributed by atoms with van der Waals surface area (Å²) in [5.74, 6) is -1.34. The molecule has 0 spiro atoms. The molecule has 35 heavy (non-hydrogen) atoms. The van der Waals surface area contributed by atoms with Gasteiger partial charge in [-0.2, -0.15) is 5.26 Å². The van der Waals surface area contributed by atoms with Gasteiger partial charge >= 0.3 is 5.97 Å². The topological polar surface area (TPSA) is 139 Å². The minimum Gasteiger partial charge on any atom is -0.448 e. The number of nitriles is 1. The van der Waals surface area contributed by atoms with Crippen molar-refractivity contribution in [3.8, 4) is 11.8 Å². The Morgan fingerprint density at radius 2 is 2.06 bits per heavy atom. The van der Waals surface area contributed by atoms with Gasteiger partial charge in [0.15, 0.2) is 17.6 Å². The van der Waals surface area contributed by atoms with Gasteiger partial charge in [0, 0.05) is 22.1 Å². The van der Waals surface area contributed by atoms with Crippen LogP contribution in [0.5, 0.6) is 0 Å². The first-order valence-corrected chi connectivity index (χ1v) is 10.9. The molecule has 0 radical (unpaired) electrons. The van der Waals surface area contributed by atoms with Crippen molar-refractivity contribution in [2.45, 2.75) is 26.9 Å². The maximum atomic E-state index is 12.7. The molecule has 1 unspecified atom stereocenters. The number of benzene rings is 1. The summed E-state index contributed by atoms with van der Waals surface area (Å²) in [7, 11) is 0. The van der Waals surface area contributed by atoms with E-state index >= 15 is 0 Å². The first-order valence-electron chi connectivity index (χ1n) is 10.5. The predicted octanol–water partition coefficient (Wildman–Crippen LogP) is 3.89. The van der Waals surface area contributed by atoms with Crippen molar-refractivity contribution in [1.82, 2.24) is 24.5 Å². The number of esters is 1. The largest absolute Gasteiger partial charge is 0.448 e. The van der Waals surface area contributed by atoms with Crippen LogP contribution in [0.2, 0.25) is 5.02 Å². The van der Waals surface area contributed by atoms with Crippen LogP contribution in [0.4, 0.5) is 5.82 Å². The van der Waals surface area contributed by atoms with Crippen LogP contribution < -0.4 is 5.32 Å². The maximum Gasteiger partial charge on any atom is 0.349 e. The number of nitrogens with one attached hydrogen (secondary N) is 2. The number of ether oxygens (including phenoxy) is 1. The summed E-state index contributed by atoms with van der Waals surface area (Å²) >= 11 is 6.13. The zero-order valence-corrected chi connectivity index (χ0v) is 19.8. The molecular weight excluding hydrogens is 470 g/mol. The van der Waals surface area contributed by atoms with E-state index in [0.717, 1.165) is 17.1 Å². The molecule has 0 fully saturated rings. The molecule has 0 aliphatic carbocycles. The van der Waals surface area contributed by atoms with E-state index in [4.69, 9.17) is 16.3 Å². The molecule has 1 amide bonds. The van der Waals surface area contributed by atoms with Crippen molar-refractivity contribution in [1.29, 1.82) is 5.26 Å². The van der Waals surface area contributed by atoms with Crippen LogP contribution in [0.25, 0.3) is 22.9 Å². The van der Waals surface area contributed by atoms with E-state index in [0.29, 0.717) is 21.7 Å². The Kier molecular flexibility index (Phi) is 6.62. The van der Waals surface area contributed by atoms with Gasteiger partial charge in [-0.1, -0.05) is 17.7 Å². The highest BCUT2D eigenvalue weighted by molar-refractivity contribution is 6.30. The molecule has 0 saturated carbocycles. The predicted molar refractivity (Wildman–Crippen MR) is 130 cm³/mol. The molecule has 0 aliphatic heterocycles. The lowest BCUT2D eigenvalue weighted by Crippen LogP contribution is -2.30. The summed E-state index contributed by atoms with van der Waals surface area (Å²) in [5.41, 5.74) is 3.80. The molecule has 176 valence electrons. The molecule has 4 aromatic rings. The highest BCUT2D eigenvalue weighted by Crippen LogP contribution is 2.25. The second-order valence-electron chi connectivity index (χ2n) is 7.67. The minimum atomic E-state index is -1.19. The first kappa shape index (κ1) is 23.7. The number of anilines is 1. The van der Waals surface area contributed by atoms with Crippen molar-refractivity contribution >= 4 is 46.5 Å². The number of aryl methyl sites for hydroxylation is 1. The summed E-state index contributed by atoms with van der Waals surface area (Å²) in [5, 5.41) is 12.8. The van der Waals surface area contributed by atoms with Crippen molar-refractivity contribution in [2.75, 3.05) is 5.32 Å². The highest BCUT2D eigenvalue weighted by Gasteiger charge is 2.23. The molecule has 11 heteroatoms. The lowest BCUT2D eigenvalue weighted by atomic mass is 10.1. The van der Waals surface area contributed by atoms with E-state index < -0.39 is 18.0 Å². The average Bonchev–Trinajstić information content (AvgIpc) is 3.41. The quantitative estimate of drug-likeness (QED) is 0.238. The van der Waals surface area contributed by atoms with Gasteiger partial charge in [-0.3, -0.25) is 4.79 Å². The molecule has 2 N–H and O–H groups in total. The Morgan fingerprint density at radius 3 is 2.80 bits per heavy atom. The molecule has 0 aliphatic rings. The number of hydrogen-bond donors (Lipinski definition) is 2. The molecule has 3 heterocycles. The van der Waals surface area contributed by atoms with Gasteiger partial charge in [0.2, 0.25) is 0 Å². The first-order chi connectivity index (χ1) is 16.8. The van der Waals surface area contributed by atoms with Crippen LogP contribution in [0.15, 0.2) is 48.6 Å². The number of rotatable bonds is 6. The van der Waals surface area contributed by atoms with Gasteiger partial charge in [-0.15, -0.1) is 0 Å². The van der Waals surface area contributed by atoms with Crippen molar-refractivity contribution < 1.29 is 14.3 Å². The van der Waals surface area contributed by atoms with Crippen molar-refractivity contribution in [3.63, 3.8) is 0 Å². The summed E-state index contributed by atoms with van der Waals surface area (Å²) in [6, 6.07) is 11.1. The molecule has 3 aromatic heterocycles. The van der Waals surface area contributed by atoms with Crippen LogP contribution in [-0.2, 0) is 14.3 Å². The van der Waals surface area contributed by atoms with E-state index in [2.05, 4.69) is 25.3 Å². The molecule has 1 atom stereocenters. The van der Waals surface area contributed by atoms with Gasteiger partial charge in [-0.05, 0) is 56.7 Å². The standard InChI is InChI=1S/C24H20ClN7O3/c1-13-7-16(14(2)32(13)19-6-4-5-18(25)9-19)8-17(10-26)24(34)35-15(3)23(33)31-22-20-21(28-11-27-20)29-12-30-22/h4-9,11-12,15H,1-3H3,(H2,27,28,29,30,31,33). The Hall–Kier alpha value is -4.49. The molecule has 4 rings (SSSR count). The highest BCUT2D eigenvalue weighted by atomic mass is 35.5. The van der Waals surface area contributed by atoms with Crippen molar-refractivity contribution in [3.05, 3.63) is 70.5 Å². The van der Waals surface area contributed by atoms with Gasteiger partial charge in [0.05, 0.1) is 6.33 Å². The van der Waals surface area contributed by atoms with E-state index in [9.17, 15) is 14.9 Å². The average molecular weight is 490 g/mol. The van der Waals surface area contributed by atoms with E-state index in [1.165, 1.54) is 25.7 Å². The Balaban J connectivity index is 1.51. The Bertz CT molecular complexity index is 1510. The summed E-state index contributed by atoms with van der Waals surface area (Å²) < 4.78 is 7.21. The van der Waals surface area contributed by atoms with Crippen LogP contribution in [0.3, 0.4) is 0 Å². The SMILES string of the molecule is Cc1cc(C=C(C#N)C(=O)OC(C)C(=O)Nc2ncnc3nc[nH]c23)c(C)n1-c1cccc(Cl)c1. The fraction of sp³-hybridized carbons (Fsp3) is 0.167. The third-order valence-electron chi connectivity index (χ3n) is 5.29. The fourth-order valence-electron chi connectivity index (χ4n) is 3.59. The van der Waals surface area contributed by atoms with Gasteiger partial charge in [0.25, 0.3) is 5.91 Å². The van der Waals surface area contributed by atoms with Crippen LogP contribution in [0.1, 0.15) is 23.9 Å². The van der Waals surface area contributed by atoms with Crippen molar-refractivity contribution in [2.24, 2.45) is 0 Å². The third kappa shape index (κ3) is 4.90. The third-order valence-corrected chi connectivity index (χ3v) is 5.53. The monoisotopic (exact) mass is 489 g/mol. The number of amides is 1.